The number of nitrogens with zero attached hydrogens (tertiary/aromatic N) is 2. The number of likely N-dealkylation sites (N-methyl/N-ethyl adjacent to an activating group) is 1. The molecule has 1 amide bonds. The topological polar surface area (TPSA) is 44.1 Å². The first-order valence-electron chi connectivity index (χ1n) is 6.90. The summed E-state index contributed by atoms with van der Waals surface area (Å²) in [5.41, 5.74) is 1.73. The van der Waals surface area contributed by atoms with Crippen LogP contribution in [0.3, 0.4) is 0 Å². The fourth-order valence-corrected chi connectivity index (χ4v) is 2.98. The van der Waals surface area contributed by atoms with Crippen molar-refractivity contribution >= 4 is 21.8 Å². The number of aryl methyl sites for hydroxylation is 1. The van der Waals surface area contributed by atoms with Crippen LogP contribution in [0.15, 0.2) is 22.7 Å². The molecule has 3 nitrogen and oxygen atoms in total. The van der Waals surface area contributed by atoms with Crippen molar-refractivity contribution in [2.24, 2.45) is 5.41 Å². The first-order chi connectivity index (χ1) is 9.48. The monoisotopic (exact) mass is 334 g/mol. The molecule has 0 radical (unpaired) electrons. The zero-order chi connectivity index (χ0) is 14.8. The highest BCUT2D eigenvalue weighted by molar-refractivity contribution is 9.10. The number of nitriles is 1. The summed E-state index contributed by atoms with van der Waals surface area (Å²) in [7, 11) is 1.80. The third-order valence-electron chi connectivity index (χ3n) is 4.20. The van der Waals surface area contributed by atoms with E-state index in [0.29, 0.717) is 19.4 Å². The highest BCUT2D eigenvalue weighted by Gasteiger charge is 2.45. The van der Waals surface area contributed by atoms with E-state index in [2.05, 4.69) is 41.1 Å². The Morgan fingerprint density at radius 2 is 2.20 bits per heavy atom. The third-order valence-corrected chi connectivity index (χ3v) is 4.70. The Labute approximate surface area is 128 Å². The maximum absolute atomic E-state index is 12.3. The van der Waals surface area contributed by atoms with Crippen LogP contribution in [0.25, 0.3) is 0 Å². The van der Waals surface area contributed by atoms with E-state index in [1.165, 1.54) is 11.1 Å². The van der Waals surface area contributed by atoms with E-state index in [1.807, 2.05) is 6.07 Å². The van der Waals surface area contributed by atoms with Crippen molar-refractivity contribution in [3.63, 3.8) is 0 Å². The second-order valence-electron chi connectivity index (χ2n) is 5.59. The van der Waals surface area contributed by atoms with E-state index in [4.69, 9.17) is 0 Å². The third kappa shape index (κ3) is 2.88. The van der Waals surface area contributed by atoms with Gasteiger partial charge in [-0.2, -0.15) is 5.26 Å². The molecule has 1 aliphatic carbocycles. The molecule has 1 fully saturated rings. The van der Waals surface area contributed by atoms with Crippen LogP contribution in [0.1, 0.15) is 30.4 Å². The van der Waals surface area contributed by atoms with Gasteiger partial charge in [0.05, 0.1) is 6.07 Å². The van der Waals surface area contributed by atoms with Crippen LogP contribution in [0.2, 0.25) is 0 Å². The molecular formula is C16H19BrN2O. The molecule has 0 saturated heterocycles. The number of benzene rings is 1. The normalized spacial score (nSPS) is 16.1. The standard InChI is InChI=1S/C16H19BrN2O/c1-12-4-5-14(17)10-13(12)6-9-19(2)15(20)16(11-18)7-3-8-16/h4-5,10H,3,6-9H2,1-2H3. The van der Waals surface area contributed by atoms with Gasteiger partial charge in [-0.3, -0.25) is 4.79 Å². The lowest BCUT2D eigenvalue weighted by Gasteiger charge is -2.36. The summed E-state index contributed by atoms with van der Waals surface area (Å²) in [6.07, 6.45) is 3.22. The zero-order valence-electron chi connectivity index (χ0n) is 11.9. The van der Waals surface area contributed by atoms with Gasteiger partial charge in [0.25, 0.3) is 0 Å². The van der Waals surface area contributed by atoms with Crippen molar-refractivity contribution < 1.29 is 4.79 Å². The molecule has 0 aliphatic heterocycles. The molecule has 1 aromatic rings. The fourth-order valence-electron chi connectivity index (χ4n) is 2.57. The van der Waals surface area contributed by atoms with Gasteiger partial charge < -0.3 is 4.90 Å². The van der Waals surface area contributed by atoms with Crippen molar-refractivity contribution in [3.8, 4) is 6.07 Å². The number of amides is 1. The molecule has 2 rings (SSSR count). The number of hydrogen-bond acceptors (Lipinski definition) is 2. The van der Waals surface area contributed by atoms with Crippen LogP contribution in [-0.4, -0.2) is 24.4 Å². The van der Waals surface area contributed by atoms with Crippen LogP contribution in [-0.2, 0) is 11.2 Å². The molecule has 20 heavy (non-hydrogen) atoms. The molecule has 0 unspecified atom stereocenters. The maximum atomic E-state index is 12.3. The van der Waals surface area contributed by atoms with E-state index < -0.39 is 5.41 Å². The molecule has 0 bridgehead atoms. The highest BCUT2D eigenvalue weighted by atomic mass is 79.9. The minimum Gasteiger partial charge on any atom is -0.344 e. The molecule has 0 N–H and O–H groups in total. The van der Waals surface area contributed by atoms with Crippen LogP contribution < -0.4 is 0 Å². The molecule has 106 valence electrons. The summed E-state index contributed by atoms with van der Waals surface area (Å²) in [6, 6.07) is 8.40. The Kier molecular flexibility index (Phi) is 4.49. The van der Waals surface area contributed by atoms with Crippen LogP contribution in [0.4, 0.5) is 0 Å². The van der Waals surface area contributed by atoms with Gasteiger partial charge in [0, 0.05) is 18.1 Å². The lowest BCUT2D eigenvalue weighted by Crippen LogP contribution is -2.46. The lowest BCUT2D eigenvalue weighted by atomic mass is 9.69. The van der Waals surface area contributed by atoms with Gasteiger partial charge in [0.15, 0.2) is 0 Å². The largest absolute Gasteiger partial charge is 0.344 e. The minimum atomic E-state index is -0.735. The van der Waals surface area contributed by atoms with Gasteiger partial charge in [-0.15, -0.1) is 0 Å². The Hall–Kier alpha value is -1.34. The number of halogens is 1. The average molecular weight is 335 g/mol. The van der Waals surface area contributed by atoms with Crippen molar-refractivity contribution in [2.45, 2.75) is 32.6 Å². The Balaban J connectivity index is 1.99. The predicted octanol–water partition coefficient (Wildman–Crippen LogP) is 3.45. The molecule has 0 aromatic heterocycles. The van der Waals surface area contributed by atoms with Gasteiger partial charge in [0.2, 0.25) is 5.91 Å². The highest BCUT2D eigenvalue weighted by Crippen LogP contribution is 2.41. The molecule has 1 aliphatic rings. The van der Waals surface area contributed by atoms with Crippen LogP contribution in [0, 0.1) is 23.7 Å². The number of hydrogen-bond donors (Lipinski definition) is 0. The van der Waals surface area contributed by atoms with E-state index in [-0.39, 0.29) is 5.91 Å². The molecule has 0 spiro atoms. The second kappa shape index (κ2) is 5.97. The summed E-state index contributed by atoms with van der Waals surface area (Å²) in [6.45, 7) is 2.73. The molecule has 1 aromatic carbocycles. The number of carbonyl (C=O) groups excluding carboxylic acids is 1. The second-order valence-corrected chi connectivity index (χ2v) is 6.51. The predicted molar refractivity (Wildman–Crippen MR) is 82.1 cm³/mol. The first kappa shape index (κ1) is 15.1. The number of carbonyl (C=O) groups is 1. The SMILES string of the molecule is Cc1ccc(Br)cc1CCN(C)C(=O)C1(C#N)CCC1. The average Bonchev–Trinajstić information content (AvgIpc) is 2.38. The summed E-state index contributed by atoms with van der Waals surface area (Å²) in [4.78, 5) is 14.1. The van der Waals surface area contributed by atoms with Crippen LogP contribution in [0.5, 0.6) is 0 Å². The summed E-state index contributed by atoms with van der Waals surface area (Å²) in [5, 5.41) is 9.22. The van der Waals surface area contributed by atoms with E-state index in [1.54, 1.807) is 11.9 Å². The van der Waals surface area contributed by atoms with E-state index in [9.17, 15) is 10.1 Å². The van der Waals surface area contributed by atoms with Crippen molar-refractivity contribution in [3.05, 3.63) is 33.8 Å². The molecule has 1 saturated carbocycles. The lowest BCUT2D eigenvalue weighted by molar-refractivity contribution is -0.141. The van der Waals surface area contributed by atoms with Gasteiger partial charge >= 0.3 is 0 Å². The smallest absolute Gasteiger partial charge is 0.242 e. The molecule has 4 heteroatoms. The Morgan fingerprint density at radius 3 is 2.75 bits per heavy atom. The first-order valence-corrected chi connectivity index (χ1v) is 7.70. The summed E-state index contributed by atoms with van der Waals surface area (Å²) >= 11 is 3.47. The number of rotatable bonds is 4. The van der Waals surface area contributed by atoms with Crippen molar-refractivity contribution in [1.29, 1.82) is 5.26 Å². The molecule has 0 atom stereocenters. The van der Waals surface area contributed by atoms with Crippen LogP contribution >= 0.6 is 15.9 Å². The van der Waals surface area contributed by atoms with Crippen molar-refractivity contribution in [2.75, 3.05) is 13.6 Å². The van der Waals surface area contributed by atoms with Gasteiger partial charge in [0.1, 0.15) is 5.41 Å². The van der Waals surface area contributed by atoms with Crippen molar-refractivity contribution in [1.82, 2.24) is 4.90 Å². The fraction of sp³-hybridized carbons (Fsp3) is 0.500. The molecular weight excluding hydrogens is 316 g/mol. The molecule has 0 heterocycles. The Morgan fingerprint density at radius 1 is 1.50 bits per heavy atom. The minimum absolute atomic E-state index is 0.0149. The zero-order valence-corrected chi connectivity index (χ0v) is 13.5. The van der Waals surface area contributed by atoms with Gasteiger partial charge in [-0.25, -0.2) is 0 Å². The maximum Gasteiger partial charge on any atom is 0.242 e. The summed E-state index contributed by atoms with van der Waals surface area (Å²) < 4.78 is 1.06. The quantitative estimate of drug-likeness (QED) is 0.846. The summed E-state index contributed by atoms with van der Waals surface area (Å²) in [5.74, 6) is -0.0149. The van der Waals surface area contributed by atoms with E-state index >= 15 is 0 Å². The van der Waals surface area contributed by atoms with Gasteiger partial charge in [-0.1, -0.05) is 22.0 Å². The van der Waals surface area contributed by atoms with Gasteiger partial charge in [-0.05, 0) is 55.9 Å². The Bertz CT molecular complexity index is 558. The van der Waals surface area contributed by atoms with E-state index in [0.717, 1.165) is 17.3 Å².